The van der Waals surface area contributed by atoms with Gasteiger partial charge in [0.05, 0.1) is 12.0 Å². The third kappa shape index (κ3) is 17.6. The maximum Gasteiger partial charge on any atom is 0.306 e. The van der Waals surface area contributed by atoms with Crippen molar-refractivity contribution in [3.05, 3.63) is 6.92 Å². The molecular formula is C20H39O3. The lowest BCUT2D eigenvalue weighted by atomic mass is 9.94. The van der Waals surface area contributed by atoms with Crippen LogP contribution in [0.3, 0.4) is 0 Å². The molecule has 0 amide bonds. The molecule has 137 valence electrons. The van der Waals surface area contributed by atoms with E-state index in [2.05, 4.69) is 13.8 Å². The summed E-state index contributed by atoms with van der Waals surface area (Å²) in [6.07, 6.45) is 18.3. The molecular weight excluding hydrogens is 288 g/mol. The number of aliphatic carboxylic acids is 1. The first-order valence-electron chi connectivity index (χ1n) is 9.77. The van der Waals surface area contributed by atoms with Crippen molar-refractivity contribution in [2.75, 3.05) is 0 Å². The van der Waals surface area contributed by atoms with Gasteiger partial charge in [-0.2, -0.15) is 0 Å². The number of carbonyl (C=O) groups is 1. The topological polar surface area (TPSA) is 57.5 Å². The van der Waals surface area contributed by atoms with Crippen LogP contribution < -0.4 is 0 Å². The average molecular weight is 328 g/mol. The van der Waals surface area contributed by atoms with Crippen molar-refractivity contribution in [1.82, 2.24) is 0 Å². The largest absolute Gasteiger partial charge is 0.481 e. The van der Waals surface area contributed by atoms with E-state index in [1.165, 1.54) is 77.0 Å². The minimum atomic E-state index is -1.29. The molecule has 1 atom stereocenters. The van der Waals surface area contributed by atoms with Crippen LogP contribution in [0.25, 0.3) is 0 Å². The highest BCUT2D eigenvalue weighted by Crippen LogP contribution is 2.19. The van der Waals surface area contributed by atoms with Crippen molar-refractivity contribution in [3.63, 3.8) is 0 Å². The maximum absolute atomic E-state index is 10.6. The summed E-state index contributed by atoms with van der Waals surface area (Å²) >= 11 is 0. The van der Waals surface area contributed by atoms with Crippen molar-refractivity contribution < 1.29 is 15.0 Å². The van der Waals surface area contributed by atoms with E-state index in [4.69, 9.17) is 5.11 Å². The van der Waals surface area contributed by atoms with E-state index in [1.54, 1.807) is 0 Å². The van der Waals surface area contributed by atoms with Crippen LogP contribution in [0.15, 0.2) is 0 Å². The van der Waals surface area contributed by atoms with Crippen LogP contribution in [0, 0.1) is 6.92 Å². The molecule has 0 heterocycles. The Hall–Kier alpha value is -0.570. The number of carboxylic acid groups (broad SMARTS) is 1. The monoisotopic (exact) mass is 327 g/mol. The van der Waals surface area contributed by atoms with E-state index >= 15 is 0 Å². The van der Waals surface area contributed by atoms with E-state index in [0.29, 0.717) is 6.42 Å². The van der Waals surface area contributed by atoms with Gasteiger partial charge in [-0.15, -0.1) is 0 Å². The molecule has 0 fully saturated rings. The van der Waals surface area contributed by atoms with Gasteiger partial charge in [0, 0.05) is 0 Å². The molecule has 0 bridgehead atoms. The van der Waals surface area contributed by atoms with Gasteiger partial charge in [0.2, 0.25) is 0 Å². The smallest absolute Gasteiger partial charge is 0.306 e. The highest BCUT2D eigenvalue weighted by Gasteiger charge is 2.23. The number of hydrogen-bond donors (Lipinski definition) is 2. The maximum atomic E-state index is 10.6. The summed E-state index contributed by atoms with van der Waals surface area (Å²) in [5, 5.41) is 18.4. The lowest BCUT2D eigenvalue weighted by Crippen LogP contribution is -2.27. The average Bonchev–Trinajstić information content (AvgIpc) is 2.46. The Balaban J connectivity index is 3.20. The summed E-state index contributed by atoms with van der Waals surface area (Å²) in [4.78, 5) is 10.6. The molecule has 3 heteroatoms. The Morgan fingerprint density at radius 1 is 0.783 bits per heavy atom. The van der Waals surface area contributed by atoms with Crippen LogP contribution in [0.5, 0.6) is 0 Å². The number of unbranched alkanes of at least 4 members (excludes halogenated alkanes) is 13. The SMILES string of the molecule is [CH2]C(O)(CCCCCCCCCCCCCCCC)CC(=O)O. The molecule has 0 aliphatic carbocycles. The molecule has 0 saturated carbocycles. The number of carboxylic acids is 1. The minimum Gasteiger partial charge on any atom is -0.481 e. The second-order valence-electron chi connectivity index (χ2n) is 7.14. The van der Waals surface area contributed by atoms with Gasteiger partial charge in [-0.3, -0.25) is 4.79 Å². The molecule has 23 heavy (non-hydrogen) atoms. The van der Waals surface area contributed by atoms with Crippen LogP contribution in [-0.4, -0.2) is 21.8 Å². The molecule has 0 aliphatic heterocycles. The number of hydrogen-bond acceptors (Lipinski definition) is 2. The first-order valence-corrected chi connectivity index (χ1v) is 9.77. The molecule has 0 aromatic carbocycles. The highest BCUT2D eigenvalue weighted by atomic mass is 16.4. The zero-order chi connectivity index (χ0) is 17.4. The molecule has 2 N–H and O–H groups in total. The third-order valence-corrected chi connectivity index (χ3v) is 4.48. The van der Waals surface area contributed by atoms with Crippen LogP contribution >= 0.6 is 0 Å². The number of rotatable bonds is 17. The van der Waals surface area contributed by atoms with Gasteiger partial charge in [0.25, 0.3) is 0 Å². The Bertz CT molecular complexity index is 274. The van der Waals surface area contributed by atoms with Gasteiger partial charge in [-0.25, -0.2) is 0 Å². The molecule has 0 rings (SSSR count). The van der Waals surface area contributed by atoms with Crippen LogP contribution in [0.2, 0.25) is 0 Å². The summed E-state index contributed by atoms with van der Waals surface area (Å²) in [7, 11) is 0. The molecule has 3 nitrogen and oxygen atoms in total. The van der Waals surface area contributed by atoms with Crippen molar-refractivity contribution in [1.29, 1.82) is 0 Å². The Kier molecular flexibility index (Phi) is 14.6. The van der Waals surface area contributed by atoms with Gasteiger partial charge in [0.15, 0.2) is 0 Å². The Morgan fingerprint density at radius 2 is 1.13 bits per heavy atom. The van der Waals surface area contributed by atoms with Gasteiger partial charge < -0.3 is 10.2 Å². The van der Waals surface area contributed by atoms with Crippen LogP contribution in [0.4, 0.5) is 0 Å². The van der Waals surface area contributed by atoms with E-state index < -0.39 is 11.6 Å². The van der Waals surface area contributed by atoms with E-state index in [9.17, 15) is 9.90 Å². The number of aliphatic hydroxyl groups is 1. The van der Waals surface area contributed by atoms with Crippen molar-refractivity contribution in [2.24, 2.45) is 0 Å². The summed E-state index contributed by atoms with van der Waals surface area (Å²) in [5.74, 6) is -0.979. The third-order valence-electron chi connectivity index (χ3n) is 4.48. The first-order chi connectivity index (χ1) is 11.0. The summed E-state index contributed by atoms with van der Waals surface area (Å²) in [6.45, 7) is 5.84. The predicted molar refractivity (Wildman–Crippen MR) is 97.5 cm³/mol. The second kappa shape index (κ2) is 15.0. The van der Waals surface area contributed by atoms with Crippen molar-refractivity contribution in [3.8, 4) is 0 Å². The van der Waals surface area contributed by atoms with Crippen LogP contribution in [-0.2, 0) is 4.79 Å². The first kappa shape index (κ1) is 22.4. The molecule has 0 spiro atoms. The quantitative estimate of drug-likeness (QED) is 0.327. The van der Waals surface area contributed by atoms with E-state index in [1.807, 2.05) is 0 Å². The lowest BCUT2D eigenvalue weighted by Gasteiger charge is -2.20. The van der Waals surface area contributed by atoms with Crippen molar-refractivity contribution >= 4 is 5.97 Å². The second-order valence-corrected chi connectivity index (χ2v) is 7.14. The van der Waals surface area contributed by atoms with E-state index in [0.717, 1.165) is 12.8 Å². The fourth-order valence-corrected chi connectivity index (χ4v) is 3.02. The fraction of sp³-hybridized carbons (Fsp3) is 0.900. The standard InChI is InChI=1S/C20H39O3/c1-3-4-5-6-7-8-9-10-11-12-13-14-15-16-17-20(2,23)18-19(21)22/h23H,2-18H2,1H3,(H,21,22). The molecule has 0 aliphatic rings. The Morgan fingerprint density at radius 3 is 1.48 bits per heavy atom. The zero-order valence-corrected chi connectivity index (χ0v) is 15.3. The highest BCUT2D eigenvalue weighted by molar-refractivity contribution is 5.68. The molecule has 0 aromatic heterocycles. The summed E-state index contributed by atoms with van der Waals surface area (Å²) in [5.41, 5.74) is -1.29. The van der Waals surface area contributed by atoms with E-state index in [-0.39, 0.29) is 6.42 Å². The molecule has 1 unspecified atom stereocenters. The van der Waals surface area contributed by atoms with Crippen molar-refractivity contribution in [2.45, 2.75) is 115 Å². The van der Waals surface area contributed by atoms with Gasteiger partial charge in [-0.1, -0.05) is 96.8 Å². The van der Waals surface area contributed by atoms with Gasteiger partial charge in [-0.05, 0) is 13.3 Å². The van der Waals surface area contributed by atoms with Crippen LogP contribution in [0.1, 0.15) is 110 Å². The normalized spacial score (nSPS) is 13.9. The summed E-state index contributed by atoms with van der Waals surface area (Å²) in [6, 6.07) is 0. The molecule has 1 radical (unpaired) electrons. The molecule has 0 aromatic rings. The predicted octanol–water partition coefficient (Wildman–Crippen LogP) is 5.90. The fourth-order valence-electron chi connectivity index (χ4n) is 3.02. The minimum absolute atomic E-state index is 0.258. The molecule has 0 saturated heterocycles. The zero-order valence-electron chi connectivity index (χ0n) is 15.3. The lowest BCUT2D eigenvalue weighted by molar-refractivity contribution is -0.141. The summed E-state index contributed by atoms with van der Waals surface area (Å²) < 4.78 is 0. The van der Waals surface area contributed by atoms with Gasteiger partial charge >= 0.3 is 5.97 Å². The van der Waals surface area contributed by atoms with Gasteiger partial charge in [0.1, 0.15) is 0 Å². The Labute approximate surface area is 143 Å².